The highest BCUT2D eigenvalue weighted by atomic mass is 14.8. The molecule has 0 atom stereocenters. The van der Waals surface area contributed by atoms with Crippen LogP contribution in [0.5, 0.6) is 0 Å². The second kappa shape index (κ2) is 6.01. The van der Waals surface area contributed by atoms with Crippen molar-refractivity contribution in [2.75, 3.05) is 13.6 Å². The fourth-order valence-electron chi connectivity index (χ4n) is 1.32. The first-order valence-corrected chi connectivity index (χ1v) is 4.93. The molecule has 0 radical (unpaired) electrons. The lowest BCUT2D eigenvalue weighted by molar-refractivity contribution is 0.647. The third kappa shape index (κ3) is 3.72. The van der Waals surface area contributed by atoms with Gasteiger partial charge in [-0.1, -0.05) is 24.6 Å². The zero-order chi connectivity index (χ0) is 8.65. The van der Waals surface area contributed by atoms with Crippen LogP contribution in [0.3, 0.4) is 0 Å². The molecule has 1 N–H and O–H groups in total. The van der Waals surface area contributed by atoms with E-state index in [9.17, 15) is 0 Å². The van der Waals surface area contributed by atoms with E-state index in [2.05, 4.69) is 23.5 Å². The molecule has 0 bridgehead atoms. The highest BCUT2D eigenvalue weighted by Crippen LogP contribution is 2.16. The summed E-state index contributed by atoms with van der Waals surface area (Å²) in [6.45, 7) is 1.16. The molecule has 0 heterocycles. The van der Waals surface area contributed by atoms with E-state index in [4.69, 9.17) is 0 Å². The maximum absolute atomic E-state index is 3.16. The lowest BCUT2D eigenvalue weighted by atomic mass is 10.0. The van der Waals surface area contributed by atoms with Crippen molar-refractivity contribution < 1.29 is 0 Å². The van der Waals surface area contributed by atoms with Crippen molar-refractivity contribution in [2.45, 2.75) is 32.1 Å². The van der Waals surface area contributed by atoms with Crippen molar-refractivity contribution in [1.29, 1.82) is 0 Å². The standard InChI is InChI=1S/C11H19N/c1-12-10-5-3-2-4-7-11-8-6-9-11/h6-8,12H,2-5,9-10H2,1H3/b11-7-. The van der Waals surface area contributed by atoms with Crippen LogP contribution in [0.25, 0.3) is 0 Å². The highest BCUT2D eigenvalue weighted by molar-refractivity contribution is 5.30. The Morgan fingerprint density at radius 3 is 2.83 bits per heavy atom. The Bertz CT molecular complexity index is 168. The van der Waals surface area contributed by atoms with Gasteiger partial charge in [0, 0.05) is 0 Å². The molecule has 1 heteroatoms. The largest absolute Gasteiger partial charge is 0.320 e. The molecule has 0 spiro atoms. The van der Waals surface area contributed by atoms with Gasteiger partial charge in [-0.25, -0.2) is 0 Å². The lowest BCUT2D eigenvalue weighted by Crippen LogP contribution is -2.06. The van der Waals surface area contributed by atoms with Crippen molar-refractivity contribution in [3.8, 4) is 0 Å². The van der Waals surface area contributed by atoms with Crippen molar-refractivity contribution in [1.82, 2.24) is 5.32 Å². The van der Waals surface area contributed by atoms with Crippen LogP contribution in [0.4, 0.5) is 0 Å². The average molecular weight is 165 g/mol. The topological polar surface area (TPSA) is 12.0 Å². The van der Waals surface area contributed by atoms with Crippen LogP contribution < -0.4 is 5.32 Å². The summed E-state index contributed by atoms with van der Waals surface area (Å²) >= 11 is 0. The van der Waals surface area contributed by atoms with Gasteiger partial charge in [-0.05, 0) is 44.8 Å². The van der Waals surface area contributed by atoms with Gasteiger partial charge in [0.2, 0.25) is 0 Å². The minimum absolute atomic E-state index is 1.16. The molecule has 0 aromatic rings. The molecule has 1 nitrogen and oxygen atoms in total. The summed E-state index contributed by atoms with van der Waals surface area (Å²) in [7, 11) is 2.02. The molecular weight excluding hydrogens is 146 g/mol. The van der Waals surface area contributed by atoms with Gasteiger partial charge in [0.25, 0.3) is 0 Å². The van der Waals surface area contributed by atoms with Gasteiger partial charge in [0.1, 0.15) is 0 Å². The first-order valence-electron chi connectivity index (χ1n) is 4.93. The van der Waals surface area contributed by atoms with E-state index in [1.54, 1.807) is 0 Å². The van der Waals surface area contributed by atoms with Crippen LogP contribution in [0.2, 0.25) is 0 Å². The second-order valence-corrected chi connectivity index (χ2v) is 3.34. The van der Waals surface area contributed by atoms with Gasteiger partial charge in [0.05, 0.1) is 0 Å². The van der Waals surface area contributed by atoms with Gasteiger partial charge in [-0.3, -0.25) is 0 Å². The Hall–Kier alpha value is -0.560. The first-order chi connectivity index (χ1) is 5.93. The lowest BCUT2D eigenvalue weighted by Gasteiger charge is -2.06. The summed E-state index contributed by atoms with van der Waals surface area (Å²) in [6, 6.07) is 0. The normalized spacial score (nSPS) is 18.2. The van der Waals surface area contributed by atoms with Gasteiger partial charge >= 0.3 is 0 Å². The van der Waals surface area contributed by atoms with E-state index in [1.165, 1.54) is 37.7 Å². The summed E-state index contributed by atoms with van der Waals surface area (Å²) in [6.07, 6.45) is 13.3. The third-order valence-electron chi connectivity index (χ3n) is 2.22. The molecule has 0 aromatic heterocycles. The quantitative estimate of drug-likeness (QED) is 0.597. The first kappa shape index (κ1) is 9.53. The monoisotopic (exact) mass is 165 g/mol. The fraction of sp³-hybridized carbons (Fsp3) is 0.636. The predicted molar refractivity (Wildman–Crippen MR) is 54.2 cm³/mol. The molecule has 0 aliphatic heterocycles. The zero-order valence-electron chi connectivity index (χ0n) is 7.97. The molecule has 0 fully saturated rings. The SMILES string of the molecule is CNCCCCC/C=C1/C=CC1. The number of hydrogen-bond acceptors (Lipinski definition) is 1. The molecule has 0 saturated heterocycles. The van der Waals surface area contributed by atoms with E-state index in [-0.39, 0.29) is 0 Å². The van der Waals surface area contributed by atoms with Crippen LogP contribution in [-0.2, 0) is 0 Å². The Labute approximate surface area is 75.6 Å². The van der Waals surface area contributed by atoms with Crippen molar-refractivity contribution in [3.05, 3.63) is 23.8 Å². The van der Waals surface area contributed by atoms with Gasteiger partial charge in [0.15, 0.2) is 0 Å². The van der Waals surface area contributed by atoms with E-state index in [0.29, 0.717) is 0 Å². The molecule has 0 saturated carbocycles. The number of hydrogen-bond donors (Lipinski definition) is 1. The highest BCUT2D eigenvalue weighted by Gasteiger charge is 1.96. The van der Waals surface area contributed by atoms with Crippen molar-refractivity contribution in [2.24, 2.45) is 0 Å². The zero-order valence-corrected chi connectivity index (χ0v) is 7.97. The second-order valence-electron chi connectivity index (χ2n) is 3.34. The minimum Gasteiger partial charge on any atom is -0.320 e. The van der Waals surface area contributed by atoms with Crippen LogP contribution in [0.15, 0.2) is 23.8 Å². The van der Waals surface area contributed by atoms with Crippen molar-refractivity contribution in [3.63, 3.8) is 0 Å². The predicted octanol–water partition coefficient (Wildman–Crippen LogP) is 2.65. The van der Waals surface area contributed by atoms with Gasteiger partial charge in [-0.2, -0.15) is 0 Å². The molecule has 1 rings (SSSR count). The Balaban J connectivity index is 1.86. The number of allylic oxidation sites excluding steroid dienone is 4. The van der Waals surface area contributed by atoms with Crippen LogP contribution >= 0.6 is 0 Å². The number of unbranched alkanes of at least 4 members (excludes halogenated alkanes) is 3. The number of rotatable bonds is 6. The number of nitrogens with one attached hydrogen (secondary N) is 1. The summed E-state index contributed by atoms with van der Waals surface area (Å²) < 4.78 is 0. The summed E-state index contributed by atoms with van der Waals surface area (Å²) in [5, 5.41) is 3.16. The molecule has 0 unspecified atom stereocenters. The van der Waals surface area contributed by atoms with Crippen LogP contribution in [-0.4, -0.2) is 13.6 Å². The van der Waals surface area contributed by atoms with Crippen LogP contribution in [0, 0.1) is 0 Å². The molecule has 0 amide bonds. The van der Waals surface area contributed by atoms with E-state index in [1.807, 2.05) is 7.05 Å². The molecule has 12 heavy (non-hydrogen) atoms. The van der Waals surface area contributed by atoms with E-state index < -0.39 is 0 Å². The Morgan fingerprint density at radius 1 is 1.42 bits per heavy atom. The van der Waals surface area contributed by atoms with Gasteiger partial charge < -0.3 is 5.32 Å². The summed E-state index contributed by atoms with van der Waals surface area (Å²) in [5.41, 5.74) is 1.53. The summed E-state index contributed by atoms with van der Waals surface area (Å²) in [5.74, 6) is 0. The van der Waals surface area contributed by atoms with Crippen molar-refractivity contribution >= 4 is 0 Å². The molecule has 1 aliphatic carbocycles. The maximum atomic E-state index is 3.16. The third-order valence-corrected chi connectivity index (χ3v) is 2.22. The fourth-order valence-corrected chi connectivity index (χ4v) is 1.32. The van der Waals surface area contributed by atoms with Crippen LogP contribution in [0.1, 0.15) is 32.1 Å². The summed E-state index contributed by atoms with van der Waals surface area (Å²) in [4.78, 5) is 0. The Morgan fingerprint density at radius 2 is 2.25 bits per heavy atom. The minimum atomic E-state index is 1.16. The Kier molecular flexibility index (Phi) is 4.77. The average Bonchev–Trinajstić information content (AvgIpc) is 2.00. The molecule has 0 aromatic carbocycles. The van der Waals surface area contributed by atoms with E-state index in [0.717, 1.165) is 6.54 Å². The smallest absolute Gasteiger partial charge is 0.00519 e. The molecule has 1 aliphatic rings. The molecule has 68 valence electrons. The van der Waals surface area contributed by atoms with Gasteiger partial charge in [-0.15, -0.1) is 0 Å². The maximum Gasteiger partial charge on any atom is -0.00519 e. The molecular formula is C11H19N. The van der Waals surface area contributed by atoms with E-state index >= 15 is 0 Å².